The van der Waals surface area contributed by atoms with E-state index in [1.54, 1.807) is 0 Å². The summed E-state index contributed by atoms with van der Waals surface area (Å²) in [6.07, 6.45) is 2.94. The molecule has 2 aliphatic heterocycles. The number of ether oxygens (including phenoxy) is 2. The lowest BCUT2D eigenvalue weighted by atomic mass is 10.0. The third kappa shape index (κ3) is 4.86. The molecule has 0 aliphatic carbocycles. The lowest BCUT2D eigenvalue weighted by Crippen LogP contribution is -2.47. The van der Waals surface area contributed by atoms with E-state index in [4.69, 9.17) is 9.47 Å². The molecule has 2 atom stereocenters. The first-order valence-corrected chi connectivity index (χ1v) is 11.1. The second-order valence-electron chi connectivity index (χ2n) is 8.55. The van der Waals surface area contributed by atoms with Gasteiger partial charge in [0.15, 0.2) is 0 Å². The molecule has 6 nitrogen and oxygen atoms in total. The molecule has 0 aromatic heterocycles. The van der Waals surface area contributed by atoms with Crippen LogP contribution in [0, 0.1) is 0 Å². The minimum Gasteiger partial charge on any atom is -0.491 e. The Morgan fingerprint density at radius 2 is 1.67 bits per heavy atom. The number of morpholine rings is 1. The van der Waals surface area contributed by atoms with Crippen molar-refractivity contribution >= 4 is 17.4 Å². The fourth-order valence-corrected chi connectivity index (χ4v) is 4.17. The summed E-state index contributed by atoms with van der Waals surface area (Å²) in [6.45, 7) is 11.7. The van der Waals surface area contributed by atoms with Gasteiger partial charge in [-0.3, -0.25) is 14.5 Å². The van der Waals surface area contributed by atoms with Gasteiger partial charge in [0.1, 0.15) is 11.4 Å². The predicted octanol–water partition coefficient (Wildman–Crippen LogP) is 3.85. The number of carbonyl (C=O) groups excluding carboxylic acids is 2. The number of hydrogen-bond donors (Lipinski definition) is 0. The highest BCUT2D eigenvalue weighted by Gasteiger charge is 2.42. The number of rotatable bonds is 8. The van der Waals surface area contributed by atoms with E-state index in [-0.39, 0.29) is 30.1 Å². The van der Waals surface area contributed by atoms with E-state index in [2.05, 4.69) is 6.92 Å². The molecule has 1 aromatic rings. The summed E-state index contributed by atoms with van der Waals surface area (Å²) in [7, 11) is 0. The SMILES string of the molecule is CCCCCN1C(=O)C(c2ccc(OC(C)C)cc2)=C(N2CC(C)OC(C)C2)C1=O. The van der Waals surface area contributed by atoms with Crippen LogP contribution in [0.4, 0.5) is 0 Å². The van der Waals surface area contributed by atoms with Crippen LogP contribution >= 0.6 is 0 Å². The Kier molecular flexibility index (Phi) is 7.19. The largest absolute Gasteiger partial charge is 0.491 e. The predicted molar refractivity (Wildman–Crippen MR) is 117 cm³/mol. The van der Waals surface area contributed by atoms with Gasteiger partial charge >= 0.3 is 0 Å². The fourth-order valence-electron chi connectivity index (χ4n) is 4.17. The van der Waals surface area contributed by atoms with Crippen LogP contribution in [-0.2, 0) is 14.3 Å². The van der Waals surface area contributed by atoms with Gasteiger partial charge in [0.2, 0.25) is 0 Å². The maximum atomic E-state index is 13.4. The number of imide groups is 1. The zero-order chi connectivity index (χ0) is 21.8. The molecule has 0 N–H and O–H groups in total. The molecular weight excluding hydrogens is 380 g/mol. The Balaban J connectivity index is 1.97. The van der Waals surface area contributed by atoms with Crippen LogP contribution in [0.2, 0.25) is 0 Å². The smallest absolute Gasteiger partial charge is 0.277 e. The minimum absolute atomic E-state index is 0.00126. The van der Waals surface area contributed by atoms with Crippen LogP contribution in [0.5, 0.6) is 5.75 Å². The number of hydrogen-bond acceptors (Lipinski definition) is 5. The molecule has 0 bridgehead atoms. The van der Waals surface area contributed by atoms with Crippen molar-refractivity contribution in [2.75, 3.05) is 19.6 Å². The summed E-state index contributed by atoms with van der Waals surface area (Å²) in [5.74, 6) is 0.367. The monoisotopic (exact) mass is 414 g/mol. The number of amides is 2. The van der Waals surface area contributed by atoms with Gasteiger partial charge in [0.25, 0.3) is 11.8 Å². The topological polar surface area (TPSA) is 59.1 Å². The fraction of sp³-hybridized carbons (Fsp3) is 0.583. The zero-order valence-electron chi connectivity index (χ0n) is 18.8. The van der Waals surface area contributed by atoms with Crippen molar-refractivity contribution in [1.82, 2.24) is 9.80 Å². The summed E-state index contributed by atoms with van der Waals surface area (Å²) in [5, 5.41) is 0. The van der Waals surface area contributed by atoms with Gasteiger partial charge < -0.3 is 14.4 Å². The quantitative estimate of drug-likeness (QED) is 0.478. The van der Waals surface area contributed by atoms with Crippen molar-refractivity contribution in [3.8, 4) is 5.75 Å². The van der Waals surface area contributed by atoms with E-state index < -0.39 is 0 Å². The van der Waals surface area contributed by atoms with Gasteiger partial charge in [-0.2, -0.15) is 0 Å². The van der Waals surface area contributed by atoms with Crippen LogP contribution in [0.3, 0.4) is 0 Å². The van der Waals surface area contributed by atoms with Gasteiger partial charge in [0.05, 0.1) is 23.9 Å². The van der Waals surface area contributed by atoms with E-state index in [1.165, 1.54) is 4.90 Å². The highest BCUT2D eigenvalue weighted by atomic mass is 16.5. The molecular formula is C24H34N2O4. The van der Waals surface area contributed by atoms with E-state index in [9.17, 15) is 9.59 Å². The minimum atomic E-state index is -0.199. The summed E-state index contributed by atoms with van der Waals surface area (Å²) >= 11 is 0. The van der Waals surface area contributed by atoms with E-state index >= 15 is 0 Å². The van der Waals surface area contributed by atoms with Crippen LogP contribution in [0.1, 0.15) is 59.4 Å². The lowest BCUT2D eigenvalue weighted by molar-refractivity contribution is -0.138. The summed E-state index contributed by atoms with van der Waals surface area (Å²) in [5.41, 5.74) is 1.76. The van der Waals surface area contributed by atoms with Crippen LogP contribution in [-0.4, -0.2) is 59.6 Å². The normalized spacial score (nSPS) is 22.5. The average Bonchev–Trinajstić information content (AvgIpc) is 2.92. The molecule has 0 radical (unpaired) electrons. The molecule has 3 rings (SSSR count). The maximum absolute atomic E-state index is 13.4. The molecule has 2 heterocycles. The van der Waals surface area contributed by atoms with Gasteiger partial charge in [-0.05, 0) is 51.8 Å². The van der Waals surface area contributed by atoms with Gasteiger partial charge in [0, 0.05) is 19.6 Å². The van der Waals surface area contributed by atoms with Crippen molar-refractivity contribution in [2.45, 2.75) is 72.2 Å². The molecule has 30 heavy (non-hydrogen) atoms. The Morgan fingerprint density at radius 3 is 2.23 bits per heavy atom. The second kappa shape index (κ2) is 9.65. The average molecular weight is 415 g/mol. The Hall–Kier alpha value is -2.34. The summed E-state index contributed by atoms with van der Waals surface area (Å²) in [4.78, 5) is 30.2. The lowest BCUT2D eigenvalue weighted by Gasteiger charge is -2.37. The van der Waals surface area contributed by atoms with Gasteiger partial charge in [-0.1, -0.05) is 31.9 Å². The van der Waals surface area contributed by atoms with Crippen LogP contribution in [0.15, 0.2) is 30.0 Å². The number of carbonyl (C=O) groups is 2. The number of nitrogens with zero attached hydrogens (tertiary/aromatic N) is 2. The van der Waals surface area contributed by atoms with Crippen LogP contribution in [0.25, 0.3) is 5.57 Å². The summed E-state index contributed by atoms with van der Waals surface area (Å²) < 4.78 is 11.6. The van der Waals surface area contributed by atoms with E-state index in [0.29, 0.717) is 30.9 Å². The van der Waals surface area contributed by atoms with E-state index in [0.717, 1.165) is 30.6 Å². The third-order valence-electron chi connectivity index (χ3n) is 5.38. The molecule has 0 spiro atoms. The standard InChI is InChI=1S/C24H34N2O4/c1-6-7-8-13-26-23(27)21(19-9-11-20(12-10-19)29-16(2)3)22(24(26)28)25-14-17(4)30-18(5)15-25/h9-12,16-18H,6-8,13-15H2,1-5H3. The maximum Gasteiger partial charge on any atom is 0.277 e. The van der Waals surface area contributed by atoms with Crippen LogP contribution < -0.4 is 4.74 Å². The van der Waals surface area contributed by atoms with Crippen molar-refractivity contribution in [1.29, 1.82) is 0 Å². The molecule has 1 saturated heterocycles. The van der Waals surface area contributed by atoms with Crippen molar-refractivity contribution < 1.29 is 19.1 Å². The molecule has 2 unspecified atom stereocenters. The Morgan fingerprint density at radius 1 is 1.03 bits per heavy atom. The zero-order valence-corrected chi connectivity index (χ0v) is 18.8. The first-order valence-electron chi connectivity index (χ1n) is 11.1. The highest BCUT2D eigenvalue weighted by Crippen LogP contribution is 2.34. The van der Waals surface area contributed by atoms with Gasteiger partial charge in [-0.25, -0.2) is 0 Å². The summed E-state index contributed by atoms with van der Waals surface area (Å²) in [6, 6.07) is 7.48. The van der Waals surface area contributed by atoms with Crippen molar-refractivity contribution in [3.05, 3.63) is 35.5 Å². The number of benzene rings is 1. The molecule has 2 amide bonds. The Labute approximate surface area is 179 Å². The Bertz CT molecular complexity index is 790. The number of unbranched alkanes of at least 4 members (excludes halogenated alkanes) is 2. The first-order chi connectivity index (χ1) is 14.3. The van der Waals surface area contributed by atoms with Crippen molar-refractivity contribution in [3.63, 3.8) is 0 Å². The van der Waals surface area contributed by atoms with Gasteiger partial charge in [-0.15, -0.1) is 0 Å². The molecule has 1 fully saturated rings. The molecule has 6 heteroatoms. The molecule has 2 aliphatic rings. The second-order valence-corrected chi connectivity index (χ2v) is 8.55. The van der Waals surface area contributed by atoms with Crippen molar-refractivity contribution in [2.24, 2.45) is 0 Å². The van der Waals surface area contributed by atoms with E-state index in [1.807, 2.05) is 56.9 Å². The molecule has 1 aromatic carbocycles. The first kappa shape index (κ1) is 22.3. The highest BCUT2D eigenvalue weighted by molar-refractivity contribution is 6.35. The molecule has 164 valence electrons. The molecule has 0 saturated carbocycles. The third-order valence-corrected chi connectivity index (χ3v) is 5.38.